The highest BCUT2D eigenvalue weighted by molar-refractivity contribution is 6.09. The standard InChI is InChI=1S/C26H31NO/c1-3-4-11-18-26(19-16-22-12-7-5-8-13-22)20-17-24(25(26)28)21(2)27-23-14-9-6-10-15-23/h5-10,12-16,19,24H,3-4,11,17-18,20H2,1-2H3. The molecule has 2 unspecified atom stereocenters. The second kappa shape index (κ2) is 9.64. The summed E-state index contributed by atoms with van der Waals surface area (Å²) in [6.45, 7) is 4.22. The molecule has 2 heteroatoms. The molecule has 1 saturated carbocycles. The first-order chi connectivity index (χ1) is 13.6. The van der Waals surface area contributed by atoms with E-state index >= 15 is 0 Å². The molecule has 0 radical (unpaired) electrons. The van der Waals surface area contributed by atoms with E-state index in [-0.39, 0.29) is 11.3 Å². The fourth-order valence-corrected chi connectivity index (χ4v) is 4.19. The molecule has 0 amide bonds. The first-order valence-electron chi connectivity index (χ1n) is 10.5. The van der Waals surface area contributed by atoms with Crippen molar-refractivity contribution in [3.05, 3.63) is 72.3 Å². The van der Waals surface area contributed by atoms with Crippen molar-refractivity contribution >= 4 is 23.3 Å². The number of allylic oxidation sites excluding steroid dienone is 1. The number of nitrogens with zero attached hydrogens (tertiary/aromatic N) is 1. The predicted molar refractivity (Wildman–Crippen MR) is 119 cm³/mol. The normalized spacial score (nSPS) is 22.9. The van der Waals surface area contributed by atoms with E-state index in [9.17, 15) is 4.79 Å². The van der Waals surface area contributed by atoms with E-state index in [0.717, 1.165) is 42.6 Å². The summed E-state index contributed by atoms with van der Waals surface area (Å²) < 4.78 is 0. The lowest BCUT2D eigenvalue weighted by molar-refractivity contribution is -0.125. The molecule has 1 fully saturated rings. The Hall–Kier alpha value is -2.48. The van der Waals surface area contributed by atoms with Gasteiger partial charge in [0.2, 0.25) is 0 Å². The van der Waals surface area contributed by atoms with E-state index in [1.54, 1.807) is 0 Å². The van der Waals surface area contributed by atoms with Gasteiger partial charge in [-0.15, -0.1) is 0 Å². The third kappa shape index (κ3) is 4.86. The number of carbonyl (C=O) groups is 1. The highest BCUT2D eigenvalue weighted by atomic mass is 16.1. The molecule has 0 spiro atoms. The predicted octanol–water partition coefficient (Wildman–Crippen LogP) is 7.04. The lowest BCUT2D eigenvalue weighted by atomic mass is 9.78. The number of aliphatic imine (C=N–C) groups is 1. The molecule has 1 aliphatic rings. The smallest absolute Gasteiger partial charge is 0.151 e. The number of hydrogen-bond acceptors (Lipinski definition) is 2. The Balaban J connectivity index is 1.83. The minimum atomic E-state index is -0.344. The van der Waals surface area contributed by atoms with Crippen molar-refractivity contribution in [3.8, 4) is 0 Å². The Bertz CT molecular complexity index is 822. The van der Waals surface area contributed by atoms with Gasteiger partial charge in [-0.1, -0.05) is 86.9 Å². The summed E-state index contributed by atoms with van der Waals surface area (Å²) in [6, 6.07) is 20.2. The Kier molecular flexibility index (Phi) is 6.97. The molecule has 2 aromatic rings. The Morgan fingerprint density at radius 2 is 1.75 bits per heavy atom. The Labute approximate surface area is 169 Å². The van der Waals surface area contributed by atoms with Crippen LogP contribution >= 0.6 is 0 Å². The van der Waals surface area contributed by atoms with Gasteiger partial charge in [-0.2, -0.15) is 0 Å². The number of rotatable bonds is 8. The van der Waals surface area contributed by atoms with Gasteiger partial charge in [-0.05, 0) is 43.9 Å². The molecule has 2 nitrogen and oxygen atoms in total. The molecule has 0 aromatic heterocycles. The summed E-state index contributed by atoms with van der Waals surface area (Å²) in [7, 11) is 0. The van der Waals surface area contributed by atoms with Gasteiger partial charge < -0.3 is 0 Å². The molecule has 1 aliphatic carbocycles. The molecule has 2 aromatic carbocycles. The molecular formula is C26H31NO. The number of carbonyl (C=O) groups excluding carboxylic acids is 1. The van der Waals surface area contributed by atoms with Crippen molar-refractivity contribution in [1.82, 2.24) is 0 Å². The number of ketones is 1. The van der Waals surface area contributed by atoms with E-state index in [4.69, 9.17) is 4.99 Å². The summed E-state index contributed by atoms with van der Waals surface area (Å²) >= 11 is 0. The van der Waals surface area contributed by atoms with E-state index in [0.29, 0.717) is 5.78 Å². The SMILES string of the molecule is CCCCCC1(C=Cc2ccccc2)CCC(C(C)=Nc2ccccc2)C1=O. The average molecular weight is 374 g/mol. The molecule has 3 rings (SSSR count). The zero-order valence-corrected chi connectivity index (χ0v) is 17.1. The maximum atomic E-state index is 13.5. The maximum absolute atomic E-state index is 13.5. The Morgan fingerprint density at radius 1 is 1.07 bits per heavy atom. The van der Waals surface area contributed by atoms with Gasteiger partial charge in [0.1, 0.15) is 0 Å². The van der Waals surface area contributed by atoms with E-state index in [2.05, 4.69) is 31.2 Å². The summed E-state index contributed by atoms with van der Waals surface area (Å²) in [4.78, 5) is 18.3. The molecule has 0 heterocycles. The van der Waals surface area contributed by atoms with Crippen molar-refractivity contribution in [2.45, 2.75) is 52.4 Å². The Morgan fingerprint density at radius 3 is 2.43 bits per heavy atom. The second-order valence-electron chi connectivity index (χ2n) is 7.90. The summed E-state index contributed by atoms with van der Waals surface area (Å²) in [5.41, 5.74) is 2.68. The van der Waals surface area contributed by atoms with E-state index in [1.807, 2.05) is 55.5 Å². The summed E-state index contributed by atoms with van der Waals surface area (Å²) in [5, 5.41) is 0. The first kappa shape index (κ1) is 20.3. The molecule has 2 atom stereocenters. The van der Waals surface area contributed by atoms with Gasteiger partial charge in [-0.3, -0.25) is 9.79 Å². The van der Waals surface area contributed by atoms with Crippen LogP contribution in [0.5, 0.6) is 0 Å². The summed E-state index contributed by atoms with van der Waals surface area (Å²) in [6.07, 6.45) is 10.5. The van der Waals surface area contributed by atoms with Crippen LogP contribution in [0.4, 0.5) is 5.69 Å². The minimum absolute atomic E-state index is 0.0674. The van der Waals surface area contributed by atoms with Gasteiger partial charge in [0.25, 0.3) is 0 Å². The number of hydrogen-bond donors (Lipinski definition) is 0. The van der Waals surface area contributed by atoms with Crippen molar-refractivity contribution in [2.24, 2.45) is 16.3 Å². The molecule has 0 aliphatic heterocycles. The van der Waals surface area contributed by atoms with E-state index in [1.165, 1.54) is 12.8 Å². The monoisotopic (exact) mass is 373 g/mol. The molecule has 0 bridgehead atoms. The highest BCUT2D eigenvalue weighted by Crippen LogP contribution is 2.45. The van der Waals surface area contributed by atoms with Crippen molar-refractivity contribution in [1.29, 1.82) is 0 Å². The fourth-order valence-electron chi connectivity index (χ4n) is 4.19. The quantitative estimate of drug-likeness (QED) is 0.360. The van der Waals surface area contributed by atoms with Gasteiger partial charge in [0.15, 0.2) is 5.78 Å². The van der Waals surface area contributed by atoms with Crippen molar-refractivity contribution in [3.63, 3.8) is 0 Å². The zero-order chi connectivity index (χ0) is 19.8. The van der Waals surface area contributed by atoms with Crippen LogP contribution in [0.25, 0.3) is 6.08 Å². The molecule has 0 N–H and O–H groups in total. The van der Waals surface area contributed by atoms with Crippen LogP contribution in [0, 0.1) is 11.3 Å². The van der Waals surface area contributed by atoms with E-state index < -0.39 is 0 Å². The lowest BCUT2D eigenvalue weighted by Crippen LogP contribution is -2.29. The third-order valence-corrected chi connectivity index (χ3v) is 5.87. The number of para-hydroxylation sites is 1. The topological polar surface area (TPSA) is 29.4 Å². The summed E-state index contributed by atoms with van der Waals surface area (Å²) in [5.74, 6) is 0.287. The molecule has 28 heavy (non-hydrogen) atoms. The van der Waals surface area contributed by atoms with Crippen molar-refractivity contribution < 1.29 is 4.79 Å². The lowest BCUT2D eigenvalue weighted by Gasteiger charge is -2.24. The maximum Gasteiger partial charge on any atom is 0.151 e. The van der Waals surface area contributed by atoms with Gasteiger partial charge in [0.05, 0.1) is 11.6 Å². The van der Waals surface area contributed by atoms with Gasteiger partial charge in [0, 0.05) is 11.1 Å². The first-order valence-corrected chi connectivity index (χ1v) is 10.5. The second-order valence-corrected chi connectivity index (χ2v) is 7.90. The molecular weight excluding hydrogens is 342 g/mol. The van der Waals surface area contributed by atoms with Crippen LogP contribution in [-0.4, -0.2) is 11.5 Å². The zero-order valence-electron chi connectivity index (χ0n) is 17.1. The number of Topliss-reactive ketones (excluding diaryl/α,β-unsaturated/α-hetero) is 1. The van der Waals surface area contributed by atoms with Crippen LogP contribution in [0.2, 0.25) is 0 Å². The van der Waals surface area contributed by atoms with Crippen LogP contribution in [-0.2, 0) is 4.79 Å². The number of unbranched alkanes of at least 4 members (excludes halogenated alkanes) is 2. The third-order valence-electron chi connectivity index (χ3n) is 5.87. The van der Waals surface area contributed by atoms with Crippen molar-refractivity contribution in [2.75, 3.05) is 0 Å². The molecule has 146 valence electrons. The fraction of sp³-hybridized carbons (Fsp3) is 0.385. The highest BCUT2D eigenvalue weighted by Gasteiger charge is 2.46. The van der Waals surface area contributed by atoms with Crippen LogP contribution in [0.1, 0.15) is 57.9 Å². The van der Waals surface area contributed by atoms with Gasteiger partial charge >= 0.3 is 0 Å². The van der Waals surface area contributed by atoms with Crippen LogP contribution in [0.3, 0.4) is 0 Å². The number of benzene rings is 2. The van der Waals surface area contributed by atoms with Gasteiger partial charge in [-0.25, -0.2) is 0 Å². The molecule has 0 saturated heterocycles. The largest absolute Gasteiger partial charge is 0.298 e. The average Bonchev–Trinajstić information content (AvgIpc) is 3.05. The van der Waals surface area contributed by atoms with Crippen LogP contribution in [0.15, 0.2) is 71.7 Å². The van der Waals surface area contributed by atoms with Crippen LogP contribution < -0.4 is 0 Å². The minimum Gasteiger partial charge on any atom is -0.298 e.